The normalized spacial score (nSPS) is 15.5. The lowest BCUT2D eigenvalue weighted by Crippen LogP contribution is -2.13. The molecule has 2 aromatic carbocycles. The van der Waals surface area contributed by atoms with Gasteiger partial charge < -0.3 is 30.0 Å². The third-order valence-electron chi connectivity index (χ3n) is 5.80. The van der Waals surface area contributed by atoms with Gasteiger partial charge in [0.1, 0.15) is 12.4 Å². The minimum Gasteiger partial charge on any atom is -0.491 e. The van der Waals surface area contributed by atoms with E-state index in [9.17, 15) is 0 Å². The largest absolute Gasteiger partial charge is 0.491 e. The molecule has 2 aromatic heterocycles. The Morgan fingerprint density at radius 1 is 1.09 bits per heavy atom. The van der Waals surface area contributed by atoms with Crippen LogP contribution in [0.2, 0.25) is 0 Å². The van der Waals surface area contributed by atoms with Crippen molar-refractivity contribution in [3.8, 4) is 5.75 Å². The number of anilines is 3. The summed E-state index contributed by atoms with van der Waals surface area (Å²) in [4.78, 5) is 14.3. The van der Waals surface area contributed by atoms with E-state index in [0.717, 1.165) is 42.1 Å². The molecule has 0 radical (unpaired) electrons. The van der Waals surface area contributed by atoms with Crippen molar-refractivity contribution in [1.29, 1.82) is 0 Å². The highest BCUT2D eigenvalue weighted by Crippen LogP contribution is 2.28. The van der Waals surface area contributed by atoms with Crippen molar-refractivity contribution in [2.45, 2.75) is 19.0 Å². The van der Waals surface area contributed by atoms with E-state index in [4.69, 9.17) is 19.4 Å². The standard InChI is InChI=1S/C25H29N7O2/c1-33-12-13-34-21-9-5-8-19(14-21)29-25-30-23(27-15-18-6-3-2-4-7-18)22-24(31-25)32(17-28-22)20-10-11-26-16-20/h2-9,14,17,20,26H,10-13,15-16H2,1H3,(H2,27,29,30,31). The zero-order valence-corrected chi connectivity index (χ0v) is 19.2. The molecule has 1 aliphatic rings. The van der Waals surface area contributed by atoms with Crippen molar-refractivity contribution in [3.63, 3.8) is 0 Å². The molecule has 0 aliphatic carbocycles. The van der Waals surface area contributed by atoms with E-state index in [-0.39, 0.29) is 0 Å². The second-order valence-corrected chi connectivity index (χ2v) is 8.20. The highest BCUT2D eigenvalue weighted by molar-refractivity contribution is 5.85. The summed E-state index contributed by atoms with van der Waals surface area (Å²) < 4.78 is 13.0. The molecule has 5 rings (SSSR count). The molecular formula is C25H29N7O2. The first-order valence-electron chi connectivity index (χ1n) is 11.5. The molecule has 1 aliphatic heterocycles. The van der Waals surface area contributed by atoms with Crippen molar-refractivity contribution in [2.24, 2.45) is 0 Å². The fraction of sp³-hybridized carbons (Fsp3) is 0.320. The zero-order valence-electron chi connectivity index (χ0n) is 19.2. The molecule has 0 bridgehead atoms. The topological polar surface area (TPSA) is 98.2 Å². The summed E-state index contributed by atoms with van der Waals surface area (Å²) in [5.74, 6) is 1.96. The maximum atomic E-state index is 5.74. The first-order chi connectivity index (χ1) is 16.8. The monoisotopic (exact) mass is 459 g/mol. The number of imidazole rings is 1. The summed E-state index contributed by atoms with van der Waals surface area (Å²) in [5, 5.41) is 10.2. The van der Waals surface area contributed by atoms with Gasteiger partial charge in [0, 0.05) is 32.0 Å². The maximum Gasteiger partial charge on any atom is 0.231 e. The Morgan fingerprint density at radius 2 is 2.00 bits per heavy atom. The first kappa shape index (κ1) is 22.1. The zero-order chi connectivity index (χ0) is 23.2. The molecule has 9 nitrogen and oxygen atoms in total. The molecule has 0 amide bonds. The Balaban J connectivity index is 1.44. The highest BCUT2D eigenvalue weighted by Gasteiger charge is 2.21. The van der Waals surface area contributed by atoms with E-state index < -0.39 is 0 Å². The van der Waals surface area contributed by atoms with Gasteiger partial charge in [-0.3, -0.25) is 0 Å². The Bertz CT molecular complexity index is 1220. The smallest absolute Gasteiger partial charge is 0.231 e. The number of fused-ring (bicyclic) bond motifs is 1. The Morgan fingerprint density at radius 3 is 2.82 bits per heavy atom. The van der Waals surface area contributed by atoms with Crippen LogP contribution in [-0.4, -0.2) is 52.9 Å². The van der Waals surface area contributed by atoms with Gasteiger partial charge in [0.05, 0.1) is 19.0 Å². The number of nitrogens with zero attached hydrogens (tertiary/aromatic N) is 4. The number of benzene rings is 2. The summed E-state index contributed by atoms with van der Waals surface area (Å²) in [6.07, 6.45) is 2.92. The van der Waals surface area contributed by atoms with E-state index in [0.29, 0.717) is 37.6 Å². The van der Waals surface area contributed by atoms with Crippen LogP contribution in [0.1, 0.15) is 18.0 Å². The van der Waals surface area contributed by atoms with Gasteiger partial charge in [-0.05, 0) is 30.7 Å². The third-order valence-corrected chi connectivity index (χ3v) is 5.80. The second kappa shape index (κ2) is 10.5. The van der Waals surface area contributed by atoms with Crippen molar-refractivity contribution < 1.29 is 9.47 Å². The number of ether oxygens (including phenoxy) is 2. The van der Waals surface area contributed by atoms with E-state index in [1.165, 1.54) is 5.56 Å². The van der Waals surface area contributed by atoms with Crippen molar-refractivity contribution in [1.82, 2.24) is 24.8 Å². The molecule has 0 saturated carbocycles. The van der Waals surface area contributed by atoms with Crippen LogP contribution in [0.3, 0.4) is 0 Å². The molecule has 0 spiro atoms. The van der Waals surface area contributed by atoms with Crippen LogP contribution >= 0.6 is 0 Å². The molecule has 1 fully saturated rings. The predicted molar refractivity (Wildman–Crippen MR) is 133 cm³/mol. The number of hydrogen-bond acceptors (Lipinski definition) is 8. The Labute approximate surface area is 198 Å². The van der Waals surface area contributed by atoms with E-state index in [1.807, 2.05) is 48.8 Å². The van der Waals surface area contributed by atoms with E-state index >= 15 is 0 Å². The lowest BCUT2D eigenvalue weighted by Gasteiger charge is -2.14. The predicted octanol–water partition coefficient (Wildman–Crippen LogP) is 3.74. The van der Waals surface area contributed by atoms with Crippen LogP contribution < -0.4 is 20.7 Å². The van der Waals surface area contributed by atoms with E-state index in [2.05, 4.69) is 37.6 Å². The van der Waals surface area contributed by atoms with Gasteiger partial charge in [0.2, 0.25) is 5.95 Å². The fourth-order valence-corrected chi connectivity index (χ4v) is 4.06. The molecule has 3 N–H and O–H groups in total. The van der Waals surface area contributed by atoms with Crippen LogP contribution in [0.25, 0.3) is 11.2 Å². The molecule has 1 saturated heterocycles. The Kier molecular flexibility index (Phi) is 6.83. The van der Waals surface area contributed by atoms with Crippen molar-refractivity contribution >= 4 is 28.6 Å². The molecule has 176 valence electrons. The van der Waals surface area contributed by atoms with Crippen molar-refractivity contribution in [3.05, 3.63) is 66.5 Å². The van der Waals surface area contributed by atoms with Gasteiger partial charge in [-0.15, -0.1) is 0 Å². The summed E-state index contributed by atoms with van der Waals surface area (Å²) in [7, 11) is 1.66. The van der Waals surface area contributed by atoms with Gasteiger partial charge in [0.15, 0.2) is 17.0 Å². The lowest BCUT2D eigenvalue weighted by atomic mass is 10.2. The van der Waals surface area contributed by atoms with Crippen LogP contribution in [0.4, 0.5) is 17.5 Å². The molecule has 9 heteroatoms. The number of aromatic nitrogens is 4. The molecule has 1 atom stereocenters. The molecule has 3 heterocycles. The summed E-state index contributed by atoms with van der Waals surface area (Å²) in [5.41, 5.74) is 3.60. The Hall–Kier alpha value is -3.69. The van der Waals surface area contributed by atoms with Gasteiger partial charge in [-0.1, -0.05) is 36.4 Å². The summed E-state index contributed by atoms with van der Waals surface area (Å²) in [6, 6.07) is 18.3. The second-order valence-electron chi connectivity index (χ2n) is 8.20. The molecular weight excluding hydrogens is 430 g/mol. The van der Waals surface area contributed by atoms with Gasteiger partial charge >= 0.3 is 0 Å². The third kappa shape index (κ3) is 5.11. The van der Waals surface area contributed by atoms with Crippen LogP contribution in [0, 0.1) is 0 Å². The molecule has 1 unspecified atom stereocenters. The molecule has 34 heavy (non-hydrogen) atoms. The van der Waals surface area contributed by atoms with Crippen LogP contribution in [0.15, 0.2) is 60.9 Å². The fourth-order valence-electron chi connectivity index (χ4n) is 4.06. The lowest BCUT2D eigenvalue weighted by molar-refractivity contribution is 0.146. The average molecular weight is 460 g/mol. The summed E-state index contributed by atoms with van der Waals surface area (Å²) in [6.45, 7) is 3.58. The minimum absolute atomic E-state index is 0.326. The quantitative estimate of drug-likeness (QED) is 0.309. The van der Waals surface area contributed by atoms with E-state index in [1.54, 1.807) is 7.11 Å². The number of nitrogens with one attached hydrogen (secondary N) is 3. The van der Waals surface area contributed by atoms with Gasteiger partial charge in [-0.2, -0.15) is 9.97 Å². The number of methoxy groups -OCH3 is 1. The summed E-state index contributed by atoms with van der Waals surface area (Å²) >= 11 is 0. The van der Waals surface area contributed by atoms with Crippen molar-refractivity contribution in [2.75, 3.05) is 44.0 Å². The van der Waals surface area contributed by atoms with Gasteiger partial charge in [-0.25, -0.2) is 4.98 Å². The van der Waals surface area contributed by atoms with Crippen LogP contribution in [0.5, 0.6) is 5.75 Å². The average Bonchev–Trinajstić information content (AvgIpc) is 3.54. The minimum atomic E-state index is 0.326. The SMILES string of the molecule is COCCOc1cccc(Nc2nc(NCc3ccccc3)c3ncn(C4CCNC4)c3n2)c1. The van der Waals surface area contributed by atoms with Crippen LogP contribution in [-0.2, 0) is 11.3 Å². The maximum absolute atomic E-state index is 5.74. The first-order valence-corrected chi connectivity index (χ1v) is 11.5. The number of hydrogen-bond donors (Lipinski definition) is 3. The van der Waals surface area contributed by atoms with Gasteiger partial charge in [0.25, 0.3) is 0 Å². The number of rotatable bonds is 10. The molecule has 4 aromatic rings. The highest BCUT2D eigenvalue weighted by atomic mass is 16.5.